The minimum atomic E-state index is -0.745. The fourth-order valence-electron chi connectivity index (χ4n) is 1.73. The summed E-state index contributed by atoms with van der Waals surface area (Å²) in [5.41, 5.74) is -0.398. The van der Waals surface area contributed by atoms with E-state index in [1.807, 2.05) is 20.8 Å². The molecule has 138 valence electrons. The standard InChI is InChI=1S/C17H23FN2O5/c1-17(2,3)19-14(21)9-20(4)15(22)10-25-16(23)11-24-13-7-5-12(18)6-8-13/h5-8H,9-11H2,1-4H3,(H,19,21). The largest absolute Gasteiger partial charge is 0.482 e. The SMILES string of the molecule is CN(CC(=O)NC(C)(C)C)C(=O)COC(=O)COc1ccc(F)cc1. The smallest absolute Gasteiger partial charge is 0.344 e. The molecule has 0 bridgehead atoms. The van der Waals surface area contributed by atoms with Gasteiger partial charge in [0.2, 0.25) is 5.91 Å². The number of carbonyl (C=O) groups is 3. The second-order valence-electron chi connectivity index (χ2n) is 6.45. The number of benzene rings is 1. The number of rotatable bonds is 7. The van der Waals surface area contributed by atoms with E-state index in [2.05, 4.69) is 5.32 Å². The molecule has 0 aliphatic rings. The van der Waals surface area contributed by atoms with Gasteiger partial charge in [-0.25, -0.2) is 9.18 Å². The van der Waals surface area contributed by atoms with Crippen molar-refractivity contribution < 1.29 is 28.2 Å². The fraction of sp³-hybridized carbons (Fsp3) is 0.471. The Balaban J connectivity index is 2.31. The highest BCUT2D eigenvalue weighted by Gasteiger charge is 2.18. The van der Waals surface area contributed by atoms with Crippen molar-refractivity contribution in [1.82, 2.24) is 10.2 Å². The van der Waals surface area contributed by atoms with Crippen LogP contribution < -0.4 is 10.1 Å². The second-order valence-corrected chi connectivity index (χ2v) is 6.45. The summed E-state index contributed by atoms with van der Waals surface area (Å²) in [4.78, 5) is 36.3. The Morgan fingerprint density at radius 2 is 1.72 bits per heavy atom. The number of nitrogens with one attached hydrogen (secondary N) is 1. The molecule has 0 heterocycles. The fourth-order valence-corrected chi connectivity index (χ4v) is 1.73. The van der Waals surface area contributed by atoms with Crippen LogP contribution in [0.15, 0.2) is 24.3 Å². The Kier molecular flexibility index (Phi) is 7.35. The maximum atomic E-state index is 12.7. The van der Waals surface area contributed by atoms with E-state index in [9.17, 15) is 18.8 Å². The summed E-state index contributed by atoms with van der Waals surface area (Å²) in [7, 11) is 1.44. The van der Waals surface area contributed by atoms with Gasteiger partial charge in [0, 0.05) is 12.6 Å². The first-order chi connectivity index (χ1) is 11.6. The number of ether oxygens (including phenoxy) is 2. The number of esters is 1. The van der Waals surface area contributed by atoms with E-state index in [4.69, 9.17) is 9.47 Å². The molecular formula is C17H23FN2O5. The van der Waals surface area contributed by atoms with Crippen LogP contribution in [0.4, 0.5) is 4.39 Å². The van der Waals surface area contributed by atoms with Gasteiger partial charge in [0.25, 0.3) is 5.91 Å². The molecule has 0 saturated carbocycles. The van der Waals surface area contributed by atoms with Gasteiger partial charge >= 0.3 is 5.97 Å². The van der Waals surface area contributed by atoms with Crippen molar-refractivity contribution in [2.24, 2.45) is 0 Å². The third-order valence-corrected chi connectivity index (χ3v) is 2.85. The van der Waals surface area contributed by atoms with Crippen LogP contribution in [0.1, 0.15) is 20.8 Å². The van der Waals surface area contributed by atoms with Gasteiger partial charge in [-0.15, -0.1) is 0 Å². The first-order valence-electron chi connectivity index (χ1n) is 7.66. The lowest BCUT2D eigenvalue weighted by Crippen LogP contribution is -2.47. The molecule has 0 aromatic heterocycles. The Hall–Kier alpha value is -2.64. The third-order valence-electron chi connectivity index (χ3n) is 2.85. The molecule has 7 nitrogen and oxygen atoms in total. The van der Waals surface area contributed by atoms with Gasteiger partial charge in [0.05, 0.1) is 6.54 Å². The lowest BCUT2D eigenvalue weighted by molar-refractivity contribution is -0.153. The number of likely N-dealkylation sites (N-methyl/N-ethyl adjacent to an activating group) is 1. The van der Waals surface area contributed by atoms with Crippen molar-refractivity contribution in [3.63, 3.8) is 0 Å². The molecule has 8 heteroatoms. The van der Waals surface area contributed by atoms with Gasteiger partial charge in [-0.3, -0.25) is 9.59 Å². The van der Waals surface area contributed by atoms with Gasteiger partial charge in [-0.1, -0.05) is 0 Å². The molecule has 0 aliphatic carbocycles. The molecule has 0 saturated heterocycles. The monoisotopic (exact) mass is 354 g/mol. The minimum absolute atomic E-state index is 0.139. The van der Waals surface area contributed by atoms with Gasteiger partial charge in [-0.2, -0.15) is 0 Å². The molecule has 0 radical (unpaired) electrons. The molecule has 1 rings (SSSR count). The molecular weight excluding hydrogens is 331 g/mol. The van der Waals surface area contributed by atoms with Crippen LogP contribution >= 0.6 is 0 Å². The minimum Gasteiger partial charge on any atom is -0.482 e. The molecule has 0 spiro atoms. The highest BCUT2D eigenvalue weighted by Crippen LogP contribution is 2.10. The predicted octanol–water partition coefficient (Wildman–Crippen LogP) is 1.12. The van der Waals surface area contributed by atoms with E-state index in [1.54, 1.807) is 0 Å². The molecule has 25 heavy (non-hydrogen) atoms. The summed E-state index contributed by atoms with van der Waals surface area (Å²) >= 11 is 0. The Morgan fingerprint density at radius 3 is 2.28 bits per heavy atom. The van der Waals surface area contributed by atoms with Crippen LogP contribution in [-0.2, 0) is 19.1 Å². The van der Waals surface area contributed by atoms with Crippen molar-refractivity contribution >= 4 is 17.8 Å². The molecule has 0 fully saturated rings. The lowest BCUT2D eigenvalue weighted by atomic mass is 10.1. The van der Waals surface area contributed by atoms with E-state index in [1.165, 1.54) is 31.3 Å². The number of hydrogen-bond donors (Lipinski definition) is 1. The lowest BCUT2D eigenvalue weighted by Gasteiger charge is -2.23. The molecule has 2 amide bonds. The normalized spacial score (nSPS) is 10.8. The summed E-state index contributed by atoms with van der Waals surface area (Å²) in [6.07, 6.45) is 0. The molecule has 1 aromatic carbocycles. The number of nitrogens with zero attached hydrogens (tertiary/aromatic N) is 1. The van der Waals surface area contributed by atoms with Gasteiger partial charge in [0.15, 0.2) is 13.2 Å². The molecule has 0 atom stereocenters. The average Bonchev–Trinajstić information content (AvgIpc) is 2.50. The molecule has 0 unspecified atom stereocenters. The summed E-state index contributed by atoms with van der Waals surface area (Å²) < 4.78 is 22.6. The Morgan fingerprint density at radius 1 is 1.12 bits per heavy atom. The van der Waals surface area contributed by atoms with Crippen LogP contribution in [0.2, 0.25) is 0 Å². The quantitative estimate of drug-likeness (QED) is 0.742. The maximum absolute atomic E-state index is 12.7. The summed E-state index contributed by atoms with van der Waals surface area (Å²) in [5, 5.41) is 2.72. The predicted molar refractivity (Wildman–Crippen MR) is 88.4 cm³/mol. The highest BCUT2D eigenvalue weighted by atomic mass is 19.1. The van der Waals surface area contributed by atoms with Gasteiger partial charge < -0.3 is 19.7 Å². The van der Waals surface area contributed by atoms with E-state index >= 15 is 0 Å². The number of amides is 2. The summed E-state index contributed by atoms with van der Waals surface area (Å²) in [6.45, 7) is 4.44. The molecule has 1 aromatic rings. The first-order valence-corrected chi connectivity index (χ1v) is 7.66. The zero-order valence-corrected chi connectivity index (χ0v) is 14.8. The second kappa shape index (κ2) is 9.00. The number of halogens is 1. The highest BCUT2D eigenvalue weighted by molar-refractivity contribution is 5.86. The molecule has 1 N–H and O–H groups in total. The Bertz CT molecular complexity index is 610. The summed E-state index contributed by atoms with van der Waals surface area (Å²) in [6, 6.07) is 5.13. The molecule has 0 aliphatic heterocycles. The van der Waals surface area contributed by atoms with Gasteiger partial charge in [0.1, 0.15) is 11.6 Å². The summed E-state index contributed by atoms with van der Waals surface area (Å²) in [5.74, 6) is -1.68. The number of carbonyl (C=O) groups excluding carboxylic acids is 3. The van der Waals surface area contributed by atoms with Crippen molar-refractivity contribution in [2.75, 3.05) is 26.8 Å². The van der Waals surface area contributed by atoms with Crippen molar-refractivity contribution in [3.05, 3.63) is 30.1 Å². The van der Waals surface area contributed by atoms with Crippen LogP contribution in [0.3, 0.4) is 0 Å². The zero-order valence-electron chi connectivity index (χ0n) is 14.8. The van der Waals surface area contributed by atoms with Crippen molar-refractivity contribution in [2.45, 2.75) is 26.3 Å². The average molecular weight is 354 g/mol. The van der Waals surface area contributed by atoms with Crippen LogP contribution in [0.5, 0.6) is 5.75 Å². The van der Waals surface area contributed by atoms with Crippen LogP contribution in [0, 0.1) is 5.82 Å². The van der Waals surface area contributed by atoms with E-state index in [0.29, 0.717) is 5.75 Å². The van der Waals surface area contributed by atoms with Crippen molar-refractivity contribution in [1.29, 1.82) is 0 Å². The topological polar surface area (TPSA) is 84.9 Å². The van der Waals surface area contributed by atoms with Crippen LogP contribution in [-0.4, -0.2) is 55.0 Å². The van der Waals surface area contributed by atoms with Crippen molar-refractivity contribution in [3.8, 4) is 5.75 Å². The van der Waals surface area contributed by atoms with Gasteiger partial charge in [-0.05, 0) is 45.0 Å². The zero-order chi connectivity index (χ0) is 19.0. The van der Waals surface area contributed by atoms with E-state index in [-0.39, 0.29) is 12.5 Å². The van der Waals surface area contributed by atoms with Crippen LogP contribution in [0.25, 0.3) is 0 Å². The number of hydrogen-bond acceptors (Lipinski definition) is 5. The van der Waals surface area contributed by atoms with E-state index < -0.39 is 36.4 Å². The maximum Gasteiger partial charge on any atom is 0.344 e. The van der Waals surface area contributed by atoms with E-state index in [0.717, 1.165) is 4.90 Å². The first kappa shape index (κ1) is 20.4. The third kappa shape index (κ3) is 8.69. The Labute approximate surface area is 146 Å².